The molecule has 5 heteroatoms. The number of hydrogen-bond acceptors (Lipinski definition) is 2. The highest BCUT2D eigenvalue weighted by atomic mass is 16.4. The first-order chi connectivity index (χ1) is 9.10. The van der Waals surface area contributed by atoms with Crippen molar-refractivity contribution in [1.82, 2.24) is 10.6 Å². The molecule has 0 spiro atoms. The van der Waals surface area contributed by atoms with Gasteiger partial charge >= 0.3 is 12.0 Å². The second-order valence-corrected chi connectivity index (χ2v) is 4.84. The molecular weight excluding hydrogens is 244 g/mol. The summed E-state index contributed by atoms with van der Waals surface area (Å²) in [5.74, 6) is -0.322. The first kappa shape index (κ1) is 13.4. The van der Waals surface area contributed by atoms with E-state index in [1.54, 1.807) is 12.1 Å². The maximum Gasteiger partial charge on any atom is 0.335 e. The zero-order valence-electron chi connectivity index (χ0n) is 10.8. The van der Waals surface area contributed by atoms with Gasteiger partial charge in [0.25, 0.3) is 0 Å². The number of nitrogens with one attached hydrogen (secondary N) is 2. The van der Waals surface area contributed by atoms with Crippen molar-refractivity contribution in [3.8, 4) is 0 Å². The van der Waals surface area contributed by atoms with Gasteiger partial charge in [0.2, 0.25) is 0 Å². The smallest absolute Gasteiger partial charge is 0.335 e. The molecule has 0 saturated heterocycles. The summed E-state index contributed by atoms with van der Waals surface area (Å²) in [4.78, 5) is 22.3. The minimum atomic E-state index is -0.948. The van der Waals surface area contributed by atoms with E-state index in [0.29, 0.717) is 18.5 Å². The molecule has 1 saturated carbocycles. The zero-order valence-corrected chi connectivity index (χ0v) is 10.8. The van der Waals surface area contributed by atoms with Crippen LogP contribution in [0.1, 0.15) is 35.7 Å². The van der Waals surface area contributed by atoms with Gasteiger partial charge in [0, 0.05) is 12.6 Å². The predicted octanol–water partition coefficient (Wildman–Crippen LogP) is 1.98. The number of benzene rings is 1. The molecule has 19 heavy (non-hydrogen) atoms. The van der Waals surface area contributed by atoms with Crippen molar-refractivity contribution in [2.75, 3.05) is 0 Å². The first-order valence-electron chi connectivity index (χ1n) is 6.46. The largest absolute Gasteiger partial charge is 0.478 e. The Balaban J connectivity index is 1.75. The molecule has 1 aromatic carbocycles. The molecule has 0 bridgehead atoms. The van der Waals surface area contributed by atoms with Crippen LogP contribution in [0, 0.1) is 5.92 Å². The van der Waals surface area contributed by atoms with E-state index in [1.165, 1.54) is 12.1 Å². The molecule has 0 unspecified atom stereocenters. The third kappa shape index (κ3) is 3.71. The Morgan fingerprint density at radius 2 is 2.00 bits per heavy atom. The van der Waals surface area contributed by atoms with Crippen LogP contribution in [0.25, 0.3) is 0 Å². The third-order valence-electron chi connectivity index (χ3n) is 3.42. The van der Waals surface area contributed by atoms with Crippen LogP contribution in [0.3, 0.4) is 0 Å². The lowest BCUT2D eigenvalue weighted by Crippen LogP contribution is -2.37. The van der Waals surface area contributed by atoms with Crippen LogP contribution < -0.4 is 10.6 Å². The van der Waals surface area contributed by atoms with Crippen LogP contribution in [0.15, 0.2) is 24.3 Å². The molecule has 1 aliphatic rings. The molecule has 0 aliphatic heterocycles. The molecule has 3 N–H and O–H groups in total. The van der Waals surface area contributed by atoms with E-state index in [-0.39, 0.29) is 11.6 Å². The lowest BCUT2D eigenvalue weighted by molar-refractivity contribution is 0.0697. The number of hydrogen-bond donors (Lipinski definition) is 3. The van der Waals surface area contributed by atoms with Crippen molar-refractivity contribution in [2.24, 2.45) is 5.92 Å². The molecule has 5 nitrogen and oxygen atoms in total. The first-order valence-corrected chi connectivity index (χ1v) is 6.46. The number of aromatic carboxylic acids is 1. The van der Waals surface area contributed by atoms with E-state index < -0.39 is 5.97 Å². The molecule has 1 fully saturated rings. The monoisotopic (exact) mass is 262 g/mol. The van der Waals surface area contributed by atoms with Gasteiger partial charge in [0.1, 0.15) is 0 Å². The fraction of sp³-hybridized carbons (Fsp3) is 0.429. The number of urea groups is 1. The average molecular weight is 262 g/mol. The van der Waals surface area contributed by atoms with Gasteiger partial charge in [-0.25, -0.2) is 9.59 Å². The van der Waals surface area contributed by atoms with Crippen molar-refractivity contribution >= 4 is 12.0 Å². The number of carbonyl (C=O) groups excluding carboxylic acids is 1. The molecule has 1 aromatic rings. The van der Waals surface area contributed by atoms with Crippen LogP contribution in [-0.4, -0.2) is 23.1 Å². The van der Waals surface area contributed by atoms with Crippen molar-refractivity contribution in [3.63, 3.8) is 0 Å². The normalized spacial score (nSPS) is 20.7. The number of rotatable bonds is 5. The lowest BCUT2D eigenvalue weighted by atomic mass is 10.1. The van der Waals surface area contributed by atoms with E-state index in [2.05, 4.69) is 17.6 Å². The van der Waals surface area contributed by atoms with Gasteiger partial charge in [-0.1, -0.05) is 25.5 Å². The SMILES string of the molecule is CC[C@@H]1C[C@H]1NC(=O)NCc1ccc(C(=O)O)cc1. The van der Waals surface area contributed by atoms with Gasteiger partial charge in [-0.2, -0.15) is 0 Å². The number of carboxylic acids is 1. The summed E-state index contributed by atoms with van der Waals surface area (Å²) in [5, 5.41) is 14.4. The standard InChI is InChI=1S/C14H18N2O3/c1-2-10-7-12(10)16-14(19)15-8-9-3-5-11(6-4-9)13(17)18/h3-6,10,12H,2,7-8H2,1H3,(H,17,18)(H2,15,16,19)/t10-,12-/m1/s1. The zero-order chi connectivity index (χ0) is 13.8. The van der Waals surface area contributed by atoms with Gasteiger partial charge in [-0.15, -0.1) is 0 Å². The molecule has 1 aliphatic carbocycles. The minimum Gasteiger partial charge on any atom is -0.478 e. The maximum atomic E-state index is 11.6. The molecule has 2 atom stereocenters. The Morgan fingerprint density at radius 1 is 1.32 bits per heavy atom. The maximum absolute atomic E-state index is 11.6. The molecule has 0 radical (unpaired) electrons. The van der Waals surface area contributed by atoms with Gasteiger partial charge in [-0.05, 0) is 30.0 Å². The van der Waals surface area contributed by atoms with E-state index in [1.807, 2.05) is 0 Å². The third-order valence-corrected chi connectivity index (χ3v) is 3.42. The van der Waals surface area contributed by atoms with Crippen LogP contribution in [0.2, 0.25) is 0 Å². The minimum absolute atomic E-state index is 0.164. The number of carbonyl (C=O) groups is 2. The average Bonchev–Trinajstić information content (AvgIpc) is 3.15. The van der Waals surface area contributed by atoms with E-state index in [4.69, 9.17) is 5.11 Å². The topological polar surface area (TPSA) is 78.4 Å². The summed E-state index contributed by atoms with van der Waals surface area (Å²) in [6.07, 6.45) is 2.17. The van der Waals surface area contributed by atoms with Gasteiger partial charge in [-0.3, -0.25) is 0 Å². The highest BCUT2D eigenvalue weighted by Crippen LogP contribution is 2.32. The summed E-state index contributed by atoms with van der Waals surface area (Å²) in [7, 11) is 0. The predicted molar refractivity (Wildman–Crippen MR) is 71.0 cm³/mol. The van der Waals surface area contributed by atoms with Crippen LogP contribution in [-0.2, 0) is 6.54 Å². The highest BCUT2D eigenvalue weighted by Gasteiger charge is 2.36. The second kappa shape index (κ2) is 5.73. The Hall–Kier alpha value is -2.04. The van der Waals surface area contributed by atoms with Crippen LogP contribution >= 0.6 is 0 Å². The Kier molecular flexibility index (Phi) is 4.04. The van der Waals surface area contributed by atoms with Crippen molar-refractivity contribution in [2.45, 2.75) is 32.4 Å². The lowest BCUT2D eigenvalue weighted by Gasteiger charge is -2.07. The number of amides is 2. The fourth-order valence-electron chi connectivity index (χ4n) is 2.04. The molecule has 102 valence electrons. The van der Waals surface area contributed by atoms with Crippen LogP contribution in [0.5, 0.6) is 0 Å². The summed E-state index contributed by atoms with van der Waals surface area (Å²) < 4.78 is 0. The fourth-order valence-corrected chi connectivity index (χ4v) is 2.04. The van der Waals surface area contributed by atoms with Crippen molar-refractivity contribution in [3.05, 3.63) is 35.4 Å². The molecule has 2 amide bonds. The van der Waals surface area contributed by atoms with E-state index in [9.17, 15) is 9.59 Å². The van der Waals surface area contributed by atoms with E-state index in [0.717, 1.165) is 18.4 Å². The van der Waals surface area contributed by atoms with Crippen molar-refractivity contribution in [1.29, 1.82) is 0 Å². The van der Waals surface area contributed by atoms with Crippen LogP contribution in [0.4, 0.5) is 4.79 Å². The summed E-state index contributed by atoms with van der Waals surface area (Å²) >= 11 is 0. The Morgan fingerprint density at radius 3 is 2.53 bits per heavy atom. The molecule has 2 rings (SSSR count). The summed E-state index contributed by atoms with van der Waals surface area (Å²) in [6.45, 7) is 2.52. The second-order valence-electron chi connectivity index (χ2n) is 4.84. The van der Waals surface area contributed by atoms with Gasteiger partial charge < -0.3 is 15.7 Å². The molecule has 0 heterocycles. The number of carboxylic acid groups (broad SMARTS) is 1. The van der Waals surface area contributed by atoms with Gasteiger partial charge in [0.05, 0.1) is 5.56 Å². The quantitative estimate of drug-likeness (QED) is 0.759. The summed E-state index contributed by atoms with van der Waals surface area (Å²) in [6, 6.07) is 6.63. The summed E-state index contributed by atoms with van der Waals surface area (Å²) in [5.41, 5.74) is 1.12. The van der Waals surface area contributed by atoms with Gasteiger partial charge in [0.15, 0.2) is 0 Å². The Labute approximate surface area is 112 Å². The Bertz CT molecular complexity index is 470. The highest BCUT2D eigenvalue weighted by molar-refractivity contribution is 5.87. The molecular formula is C14H18N2O3. The van der Waals surface area contributed by atoms with E-state index >= 15 is 0 Å². The molecule has 0 aromatic heterocycles. The van der Waals surface area contributed by atoms with Crippen molar-refractivity contribution < 1.29 is 14.7 Å².